The molecule has 2 aliphatic heterocycles. The molecule has 8 nitrogen and oxygen atoms in total. The van der Waals surface area contributed by atoms with E-state index in [0.29, 0.717) is 37.8 Å². The fourth-order valence-electron chi connectivity index (χ4n) is 3.21. The summed E-state index contributed by atoms with van der Waals surface area (Å²) in [6, 6.07) is 8.07. The number of rotatable bonds is 5. The predicted molar refractivity (Wildman–Crippen MR) is 108 cm³/mol. The minimum absolute atomic E-state index is 0.0655. The van der Waals surface area contributed by atoms with Gasteiger partial charge in [-0.25, -0.2) is 16.8 Å². The summed E-state index contributed by atoms with van der Waals surface area (Å²) >= 11 is 6.17. The van der Waals surface area contributed by atoms with Crippen molar-refractivity contribution < 1.29 is 26.3 Å². The summed E-state index contributed by atoms with van der Waals surface area (Å²) in [5, 5.41) is 0.158. The van der Waals surface area contributed by atoms with Gasteiger partial charge < -0.3 is 9.47 Å². The molecule has 0 bridgehead atoms. The van der Waals surface area contributed by atoms with Gasteiger partial charge in [-0.15, -0.1) is 0 Å². The number of fused-ring (bicyclic) bond motifs is 1. The molecule has 0 unspecified atom stereocenters. The van der Waals surface area contributed by atoms with Crippen LogP contribution in [0.5, 0.6) is 11.5 Å². The molecular weight excluding hydrogens is 440 g/mol. The van der Waals surface area contributed by atoms with Crippen LogP contribution in [0.25, 0.3) is 0 Å². The van der Waals surface area contributed by atoms with Gasteiger partial charge in [-0.2, -0.15) is 4.31 Å². The molecule has 1 saturated heterocycles. The van der Waals surface area contributed by atoms with Crippen LogP contribution >= 0.6 is 11.6 Å². The van der Waals surface area contributed by atoms with E-state index in [-0.39, 0.29) is 20.5 Å². The van der Waals surface area contributed by atoms with Crippen molar-refractivity contribution >= 4 is 37.3 Å². The van der Waals surface area contributed by atoms with Crippen molar-refractivity contribution in [3.8, 4) is 11.5 Å². The molecule has 11 heteroatoms. The smallest absolute Gasteiger partial charge is 0.261 e. The van der Waals surface area contributed by atoms with Crippen molar-refractivity contribution in [3.05, 3.63) is 41.4 Å². The Hall–Kier alpha value is -2.01. The highest BCUT2D eigenvalue weighted by atomic mass is 35.5. The van der Waals surface area contributed by atoms with E-state index in [1.807, 2.05) is 0 Å². The first-order valence-electron chi connectivity index (χ1n) is 8.99. The van der Waals surface area contributed by atoms with E-state index in [0.717, 1.165) is 12.8 Å². The molecule has 0 amide bonds. The zero-order chi connectivity index (χ0) is 20.6. The summed E-state index contributed by atoms with van der Waals surface area (Å²) in [7, 11) is -7.59. The van der Waals surface area contributed by atoms with E-state index >= 15 is 0 Å². The van der Waals surface area contributed by atoms with Gasteiger partial charge >= 0.3 is 0 Å². The van der Waals surface area contributed by atoms with Crippen molar-refractivity contribution in [2.24, 2.45) is 0 Å². The van der Waals surface area contributed by atoms with Crippen molar-refractivity contribution in [2.45, 2.75) is 22.6 Å². The lowest BCUT2D eigenvalue weighted by atomic mass is 10.2. The minimum Gasteiger partial charge on any atom is -0.486 e. The van der Waals surface area contributed by atoms with Crippen molar-refractivity contribution in [1.82, 2.24) is 4.31 Å². The third-order valence-electron chi connectivity index (χ3n) is 4.71. The van der Waals surface area contributed by atoms with Crippen LogP contribution in [0, 0.1) is 0 Å². The maximum Gasteiger partial charge on any atom is 0.261 e. The van der Waals surface area contributed by atoms with E-state index in [1.54, 1.807) is 0 Å². The molecule has 1 fully saturated rings. The number of ether oxygens (including phenoxy) is 2. The molecular formula is C18H19ClN2O6S2. The summed E-state index contributed by atoms with van der Waals surface area (Å²) in [5.74, 6) is 0.839. The Balaban J connectivity index is 1.58. The van der Waals surface area contributed by atoms with Crippen LogP contribution in [0.15, 0.2) is 46.2 Å². The molecule has 4 rings (SSSR count). The van der Waals surface area contributed by atoms with Gasteiger partial charge in [0, 0.05) is 25.2 Å². The Kier molecular flexibility index (Phi) is 5.36. The number of sulfonamides is 2. The first-order valence-corrected chi connectivity index (χ1v) is 12.3. The van der Waals surface area contributed by atoms with Gasteiger partial charge in [0.1, 0.15) is 13.2 Å². The fourth-order valence-corrected chi connectivity index (χ4v) is 6.06. The summed E-state index contributed by atoms with van der Waals surface area (Å²) in [6.07, 6.45) is 1.65. The molecule has 29 heavy (non-hydrogen) atoms. The second kappa shape index (κ2) is 7.67. The second-order valence-electron chi connectivity index (χ2n) is 6.66. The molecule has 2 aliphatic rings. The van der Waals surface area contributed by atoms with E-state index in [1.165, 1.54) is 40.7 Å². The van der Waals surface area contributed by atoms with Crippen LogP contribution < -0.4 is 14.2 Å². The Labute approximate surface area is 174 Å². The first-order chi connectivity index (χ1) is 13.8. The number of nitrogens with zero attached hydrogens (tertiary/aromatic N) is 1. The van der Waals surface area contributed by atoms with Crippen LogP contribution in [-0.4, -0.2) is 47.4 Å². The Morgan fingerprint density at radius 3 is 2.03 bits per heavy atom. The zero-order valence-electron chi connectivity index (χ0n) is 15.3. The van der Waals surface area contributed by atoms with Gasteiger partial charge in [0.25, 0.3) is 10.0 Å². The van der Waals surface area contributed by atoms with E-state index in [2.05, 4.69) is 4.72 Å². The lowest BCUT2D eigenvalue weighted by molar-refractivity contribution is 0.171. The van der Waals surface area contributed by atoms with Gasteiger partial charge in [0.15, 0.2) is 11.5 Å². The molecule has 0 aliphatic carbocycles. The number of halogens is 1. The average molecular weight is 459 g/mol. The van der Waals surface area contributed by atoms with Crippen molar-refractivity contribution in [3.63, 3.8) is 0 Å². The zero-order valence-corrected chi connectivity index (χ0v) is 17.7. The third kappa shape index (κ3) is 4.02. The van der Waals surface area contributed by atoms with Crippen LogP contribution in [-0.2, 0) is 20.0 Å². The lowest BCUT2D eigenvalue weighted by Crippen LogP contribution is -2.27. The second-order valence-corrected chi connectivity index (χ2v) is 10.7. The molecule has 0 radical (unpaired) electrons. The molecule has 2 aromatic rings. The van der Waals surface area contributed by atoms with E-state index in [9.17, 15) is 16.8 Å². The van der Waals surface area contributed by atoms with Gasteiger partial charge in [0.2, 0.25) is 10.0 Å². The maximum absolute atomic E-state index is 12.7. The highest BCUT2D eigenvalue weighted by Gasteiger charge is 2.28. The van der Waals surface area contributed by atoms with Gasteiger partial charge in [-0.1, -0.05) is 11.6 Å². The third-order valence-corrected chi connectivity index (χ3v) is 8.32. The highest BCUT2D eigenvalue weighted by Crippen LogP contribution is 2.38. The maximum atomic E-state index is 12.7. The molecule has 2 heterocycles. The molecule has 2 aromatic carbocycles. The largest absolute Gasteiger partial charge is 0.486 e. The lowest BCUT2D eigenvalue weighted by Gasteiger charge is -2.20. The van der Waals surface area contributed by atoms with Crippen molar-refractivity contribution in [1.29, 1.82) is 0 Å². The Morgan fingerprint density at radius 1 is 0.862 bits per heavy atom. The summed E-state index contributed by atoms with van der Waals surface area (Å²) in [4.78, 5) is -0.0143. The number of nitrogens with one attached hydrogen (secondary N) is 1. The number of anilines is 1. The highest BCUT2D eigenvalue weighted by molar-refractivity contribution is 7.92. The summed E-state index contributed by atoms with van der Waals surface area (Å²) in [6.45, 7) is 1.70. The molecule has 0 aromatic heterocycles. The fraction of sp³-hybridized carbons (Fsp3) is 0.333. The van der Waals surface area contributed by atoms with E-state index < -0.39 is 20.0 Å². The number of hydrogen-bond donors (Lipinski definition) is 1. The van der Waals surface area contributed by atoms with Crippen LogP contribution in [0.4, 0.5) is 5.69 Å². The monoisotopic (exact) mass is 458 g/mol. The van der Waals surface area contributed by atoms with Gasteiger partial charge in [-0.05, 0) is 37.1 Å². The number of hydrogen-bond acceptors (Lipinski definition) is 6. The standard InChI is InChI=1S/C18H19ClN2O6S2/c19-15-11-17-18(27-10-9-26-17)12-16(15)20-28(22,23)13-3-5-14(6-4-13)29(24,25)21-7-1-2-8-21/h3-6,11-12,20H,1-2,7-10H2. The average Bonchev–Trinajstić information content (AvgIpc) is 3.24. The van der Waals surface area contributed by atoms with Gasteiger partial charge in [-0.3, -0.25) is 4.72 Å². The minimum atomic E-state index is -3.98. The topological polar surface area (TPSA) is 102 Å². The van der Waals surface area contributed by atoms with Crippen LogP contribution in [0.3, 0.4) is 0 Å². The van der Waals surface area contributed by atoms with Crippen LogP contribution in [0.2, 0.25) is 5.02 Å². The van der Waals surface area contributed by atoms with Gasteiger partial charge in [0.05, 0.1) is 20.5 Å². The molecule has 156 valence electrons. The Morgan fingerprint density at radius 2 is 1.41 bits per heavy atom. The molecule has 0 atom stereocenters. The van der Waals surface area contributed by atoms with E-state index in [4.69, 9.17) is 21.1 Å². The quantitative estimate of drug-likeness (QED) is 0.739. The number of benzene rings is 2. The molecule has 1 N–H and O–H groups in total. The first kappa shape index (κ1) is 20.3. The normalized spacial score (nSPS) is 17.3. The van der Waals surface area contributed by atoms with Crippen molar-refractivity contribution in [2.75, 3.05) is 31.0 Å². The molecule has 0 spiro atoms. The Bertz CT molecular complexity index is 1130. The predicted octanol–water partition coefficient (Wildman–Crippen LogP) is 2.70. The summed E-state index contributed by atoms with van der Waals surface area (Å²) in [5.41, 5.74) is 0.143. The SMILES string of the molecule is O=S(=O)(Nc1cc2c(cc1Cl)OCCO2)c1ccc(S(=O)(=O)N2CCCC2)cc1. The summed E-state index contributed by atoms with van der Waals surface area (Å²) < 4.78 is 65.3. The molecule has 0 saturated carbocycles. The van der Waals surface area contributed by atoms with Crippen LogP contribution in [0.1, 0.15) is 12.8 Å².